The summed E-state index contributed by atoms with van der Waals surface area (Å²) in [5.74, 6) is 0.557. The van der Waals surface area contributed by atoms with Gasteiger partial charge in [-0.2, -0.15) is 0 Å². The molecule has 0 saturated carbocycles. The Kier molecular flexibility index (Phi) is 3.97. The maximum absolute atomic E-state index is 12.0. The minimum Gasteiger partial charge on any atom is -0.388 e. The molecule has 0 bridgehead atoms. The fraction of sp³-hybridized carbons (Fsp3) is 0.500. The number of carbonyl (C=O) groups excluding carboxylic acids is 1. The van der Waals surface area contributed by atoms with E-state index in [1.165, 1.54) is 5.56 Å². The first-order valence-corrected chi connectivity index (χ1v) is 7.15. The topological polar surface area (TPSA) is 40.5 Å². The Labute approximate surface area is 112 Å². The number of nitrogens with zero attached hydrogens (tertiary/aromatic N) is 1. The number of carbonyl (C=O) groups is 1. The van der Waals surface area contributed by atoms with E-state index >= 15 is 0 Å². The fourth-order valence-corrected chi connectivity index (χ4v) is 3.04. The van der Waals surface area contributed by atoms with Gasteiger partial charge in [-0.15, -0.1) is 11.8 Å². The van der Waals surface area contributed by atoms with Gasteiger partial charge in [0.1, 0.15) is 0 Å². The molecule has 1 N–H and O–H groups in total. The van der Waals surface area contributed by atoms with E-state index in [-0.39, 0.29) is 5.91 Å². The molecule has 1 aliphatic rings. The van der Waals surface area contributed by atoms with Crippen LogP contribution in [-0.2, 0) is 4.79 Å². The van der Waals surface area contributed by atoms with E-state index in [0.717, 1.165) is 4.90 Å². The second kappa shape index (κ2) is 5.33. The molecular formula is C14H19NO2S. The first-order valence-electron chi connectivity index (χ1n) is 6.16. The zero-order valence-electron chi connectivity index (χ0n) is 10.8. The highest BCUT2D eigenvalue weighted by Gasteiger charge is 2.33. The molecule has 1 unspecified atom stereocenters. The number of benzene rings is 1. The molecule has 1 saturated heterocycles. The number of hydrogen-bond acceptors (Lipinski definition) is 3. The van der Waals surface area contributed by atoms with Crippen LogP contribution in [-0.4, -0.2) is 40.4 Å². The Balaban J connectivity index is 1.88. The summed E-state index contributed by atoms with van der Waals surface area (Å²) in [6.45, 7) is 4.96. The molecule has 1 heterocycles. The van der Waals surface area contributed by atoms with E-state index in [9.17, 15) is 9.90 Å². The standard InChI is InChI=1S/C14H19NO2S/c1-11-5-3-4-6-12(11)18-9-13(16)15-8-7-14(2,17)10-15/h3-6,17H,7-10H2,1-2H3. The average Bonchev–Trinajstić information content (AvgIpc) is 2.68. The summed E-state index contributed by atoms with van der Waals surface area (Å²) in [4.78, 5) is 14.9. The van der Waals surface area contributed by atoms with Crippen molar-refractivity contribution in [2.45, 2.75) is 30.8 Å². The van der Waals surface area contributed by atoms with Crippen molar-refractivity contribution in [3.63, 3.8) is 0 Å². The van der Waals surface area contributed by atoms with E-state index in [4.69, 9.17) is 0 Å². The summed E-state index contributed by atoms with van der Waals surface area (Å²) in [7, 11) is 0. The van der Waals surface area contributed by atoms with Gasteiger partial charge < -0.3 is 10.0 Å². The highest BCUT2D eigenvalue weighted by atomic mass is 32.2. The van der Waals surface area contributed by atoms with Gasteiger partial charge in [-0.1, -0.05) is 18.2 Å². The van der Waals surface area contributed by atoms with E-state index < -0.39 is 5.60 Å². The third kappa shape index (κ3) is 3.27. The van der Waals surface area contributed by atoms with Crippen LogP contribution in [0.3, 0.4) is 0 Å². The highest BCUT2D eigenvalue weighted by molar-refractivity contribution is 8.00. The minimum atomic E-state index is -0.705. The van der Waals surface area contributed by atoms with Crippen LogP contribution >= 0.6 is 11.8 Å². The zero-order valence-corrected chi connectivity index (χ0v) is 11.7. The summed E-state index contributed by atoms with van der Waals surface area (Å²) in [5.41, 5.74) is 0.493. The first kappa shape index (κ1) is 13.4. The summed E-state index contributed by atoms with van der Waals surface area (Å²) in [6, 6.07) is 8.07. The van der Waals surface area contributed by atoms with Gasteiger partial charge in [-0.05, 0) is 31.9 Å². The van der Waals surface area contributed by atoms with Crippen molar-refractivity contribution in [2.75, 3.05) is 18.8 Å². The molecule has 3 nitrogen and oxygen atoms in total. The summed E-state index contributed by atoms with van der Waals surface area (Å²) in [6.07, 6.45) is 0.674. The minimum absolute atomic E-state index is 0.112. The van der Waals surface area contributed by atoms with Gasteiger partial charge in [0.2, 0.25) is 5.91 Å². The number of thioether (sulfide) groups is 1. The van der Waals surface area contributed by atoms with Crippen molar-refractivity contribution in [1.29, 1.82) is 0 Å². The number of likely N-dealkylation sites (tertiary alicyclic amines) is 1. The molecule has 0 spiro atoms. The maximum atomic E-state index is 12.0. The molecule has 2 rings (SSSR count). The maximum Gasteiger partial charge on any atom is 0.233 e. The van der Waals surface area contributed by atoms with Gasteiger partial charge in [0.15, 0.2) is 0 Å². The number of amides is 1. The van der Waals surface area contributed by atoms with Gasteiger partial charge >= 0.3 is 0 Å². The number of rotatable bonds is 3. The number of aliphatic hydroxyl groups is 1. The molecule has 1 amide bonds. The van der Waals surface area contributed by atoms with Crippen LogP contribution in [0.5, 0.6) is 0 Å². The third-order valence-corrected chi connectivity index (χ3v) is 4.41. The molecule has 1 atom stereocenters. The molecule has 0 aliphatic carbocycles. The molecule has 1 fully saturated rings. The van der Waals surface area contributed by atoms with Gasteiger partial charge in [0.25, 0.3) is 0 Å². The van der Waals surface area contributed by atoms with Gasteiger partial charge in [-0.3, -0.25) is 4.79 Å². The number of aryl methyl sites for hydroxylation is 1. The monoisotopic (exact) mass is 265 g/mol. The molecule has 1 aliphatic heterocycles. The van der Waals surface area contributed by atoms with Crippen LogP contribution in [0.1, 0.15) is 18.9 Å². The zero-order chi connectivity index (χ0) is 13.2. The lowest BCUT2D eigenvalue weighted by atomic mass is 10.1. The van der Waals surface area contributed by atoms with Crippen molar-refractivity contribution < 1.29 is 9.90 Å². The third-order valence-electron chi connectivity index (χ3n) is 3.25. The van der Waals surface area contributed by atoms with Crippen LogP contribution in [0.4, 0.5) is 0 Å². The Hall–Kier alpha value is -1.00. The van der Waals surface area contributed by atoms with E-state index in [1.54, 1.807) is 23.6 Å². The lowest BCUT2D eigenvalue weighted by Gasteiger charge is -2.19. The predicted molar refractivity (Wildman–Crippen MR) is 73.7 cm³/mol. The molecular weight excluding hydrogens is 246 g/mol. The second-order valence-electron chi connectivity index (χ2n) is 5.12. The quantitative estimate of drug-likeness (QED) is 0.851. The Morgan fingerprint density at radius 2 is 2.22 bits per heavy atom. The van der Waals surface area contributed by atoms with E-state index in [2.05, 4.69) is 0 Å². The summed E-state index contributed by atoms with van der Waals surface area (Å²) < 4.78 is 0. The van der Waals surface area contributed by atoms with Crippen LogP contribution in [0.2, 0.25) is 0 Å². The number of β-amino-alcohol motifs (C(OH)–C–C–N with tert-alkyl or cyclic N) is 1. The highest BCUT2D eigenvalue weighted by Crippen LogP contribution is 2.24. The summed E-state index contributed by atoms with van der Waals surface area (Å²) in [5, 5.41) is 9.84. The van der Waals surface area contributed by atoms with Gasteiger partial charge in [0, 0.05) is 18.0 Å². The smallest absolute Gasteiger partial charge is 0.233 e. The van der Waals surface area contributed by atoms with Crippen LogP contribution in [0.25, 0.3) is 0 Å². The van der Waals surface area contributed by atoms with Crippen molar-refractivity contribution >= 4 is 17.7 Å². The van der Waals surface area contributed by atoms with Gasteiger partial charge in [-0.25, -0.2) is 0 Å². The summed E-state index contributed by atoms with van der Waals surface area (Å²) >= 11 is 1.57. The normalized spacial score (nSPS) is 23.4. The Bertz CT molecular complexity index is 445. The van der Waals surface area contributed by atoms with Crippen LogP contribution in [0, 0.1) is 6.92 Å². The number of hydrogen-bond donors (Lipinski definition) is 1. The lowest BCUT2D eigenvalue weighted by molar-refractivity contribution is -0.128. The average molecular weight is 265 g/mol. The molecule has 1 aromatic rings. The fourth-order valence-electron chi connectivity index (χ4n) is 2.11. The molecule has 0 radical (unpaired) electrons. The van der Waals surface area contributed by atoms with E-state index in [0.29, 0.717) is 25.3 Å². The molecule has 98 valence electrons. The lowest BCUT2D eigenvalue weighted by Crippen LogP contribution is -2.34. The Morgan fingerprint density at radius 1 is 1.50 bits per heavy atom. The molecule has 4 heteroatoms. The van der Waals surface area contributed by atoms with Crippen molar-refractivity contribution in [3.05, 3.63) is 29.8 Å². The molecule has 1 aromatic carbocycles. The predicted octanol–water partition coefficient (Wildman–Crippen LogP) is 2.07. The van der Waals surface area contributed by atoms with Crippen molar-refractivity contribution in [2.24, 2.45) is 0 Å². The molecule has 18 heavy (non-hydrogen) atoms. The molecule has 0 aromatic heterocycles. The van der Waals surface area contributed by atoms with Crippen LogP contribution < -0.4 is 0 Å². The van der Waals surface area contributed by atoms with Gasteiger partial charge in [0.05, 0.1) is 11.4 Å². The second-order valence-corrected chi connectivity index (χ2v) is 6.13. The van der Waals surface area contributed by atoms with Crippen molar-refractivity contribution in [1.82, 2.24) is 4.90 Å². The SMILES string of the molecule is Cc1ccccc1SCC(=O)N1CCC(C)(O)C1. The van der Waals surface area contributed by atoms with E-state index in [1.807, 2.05) is 31.2 Å². The Morgan fingerprint density at radius 3 is 2.83 bits per heavy atom. The van der Waals surface area contributed by atoms with Crippen LogP contribution in [0.15, 0.2) is 29.2 Å². The largest absolute Gasteiger partial charge is 0.388 e. The first-order chi connectivity index (χ1) is 8.48. The van der Waals surface area contributed by atoms with Crippen molar-refractivity contribution in [3.8, 4) is 0 Å².